The molecule has 5 rings (SSSR count). The lowest BCUT2D eigenvalue weighted by Gasteiger charge is -2.38. The van der Waals surface area contributed by atoms with Crippen LogP contribution < -0.4 is 4.74 Å². The first-order valence-corrected chi connectivity index (χ1v) is 13.2. The van der Waals surface area contributed by atoms with Gasteiger partial charge in [0.1, 0.15) is 22.2 Å². The summed E-state index contributed by atoms with van der Waals surface area (Å²) in [5.74, 6) is 0.663. The number of sulfonamides is 1. The minimum absolute atomic E-state index is 0.0319. The van der Waals surface area contributed by atoms with Gasteiger partial charge in [0.25, 0.3) is 0 Å². The van der Waals surface area contributed by atoms with Crippen molar-refractivity contribution in [2.45, 2.75) is 30.7 Å². The van der Waals surface area contributed by atoms with Crippen molar-refractivity contribution in [2.75, 3.05) is 19.6 Å². The van der Waals surface area contributed by atoms with E-state index < -0.39 is 21.3 Å². The third kappa shape index (κ3) is 4.68. The van der Waals surface area contributed by atoms with Gasteiger partial charge in [0.15, 0.2) is 0 Å². The van der Waals surface area contributed by atoms with E-state index in [1.165, 1.54) is 22.5 Å². The molecular weight excluding hydrogens is 467 g/mol. The third-order valence-electron chi connectivity index (χ3n) is 6.87. The average molecular weight is 495 g/mol. The van der Waals surface area contributed by atoms with Crippen molar-refractivity contribution < 1.29 is 22.3 Å². The second-order valence-electron chi connectivity index (χ2n) is 9.19. The van der Waals surface area contributed by atoms with E-state index in [0.717, 1.165) is 17.4 Å². The van der Waals surface area contributed by atoms with Gasteiger partial charge >= 0.3 is 0 Å². The molecule has 3 aromatic rings. The van der Waals surface area contributed by atoms with Crippen LogP contribution in [0, 0.1) is 11.2 Å². The van der Waals surface area contributed by atoms with Gasteiger partial charge in [-0.05, 0) is 61.2 Å². The highest BCUT2D eigenvalue weighted by Crippen LogP contribution is 2.42. The highest BCUT2D eigenvalue weighted by molar-refractivity contribution is 7.89. The van der Waals surface area contributed by atoms with Gasteiger partial charge < -0.3 is 9.64 Å². The van der Waals surface area contributed by atoms with Crippen molar-refractivity contribution in [3.63, 3.8) is 0 Å². The normalized spacial score (nSPS) is 20.9. The van der Waals surface area contributed by atoms with Crippen LogP contribution in [-0.4, -0.2) is 43.2 Å². The van der Waals surface area contributed by atoms with Crippen LogP contribution in [-0.2, 0) is 21.4 Å². The van der Waals surface area contributed by atoms with E-state index in [1.807, 2.05) is 54.6 Å². The van der Waals surface area contributed by atoms with Crippen LogP contribution >= 0.6 is 0 Å². The lowest BCUT2D eigenvalue weighted by atomic mass is 9.79. The monoisotopic (exact) mass is 494 g/mol. The first-order valence-electron chi connectivity index (χ1n) is 11.7. The van der Waals surface area contributed by atoms with Gasteiger partial charge in [-0.3, -0.25) is 4.79 Å². The Morgan fingerprint density at radius 3 is 2.29 bits per heavy atom. The number of para-hydroxylation sites is 1. The highest BCUT2D eigenvalue weighted by atomic mass is 32.2. The number of nitrogens with zero attached hydrogens (tertiary/aromatic N) is 2. The standard InChI is InChI=1S/C27H27FN2O4S/c28-24-9-4-5-10-25(24)35(32,33)30-17-6-15-27(20-30)16-18-29(26(27)31)19-21-11-13-23(14-12-21)34-22-7-2-1-3-8-22/h1-5,7-14H,6,15-20H2. The number of hydrogen-bond donors (Lipinski definition) is 0. The Morgan fingerprint density at radius 1 is 0.857 bits per heavy atom. The number of ether oxygens (including phenoxy) is 1. The number of carbonyl (C=O) groups excluding carboxylic acids is 1. The summed E-state index contributed by atoms with van der Waals surface area (Å²) >= 11 is 0. The van der Waals surface area contributed by atoms with Crippen LogP contribution in [0.2, 0.25) is 0 Å². The fraction of sp³-hybridized carbons (Fsp3) is 0.296. The van der Waals surface area contributed by atoms with Crippen molar-refractivity contribution in [1.82, 2.24) is 9.21 Å². The van der Waals surface area contributed by atoms with Crippen LogP contribution in [0.25, 0.3) is 0 Å². The maximum absolute atomic E-state index is 14.3. The van der Waals surface area contributed by atoms with Crippen LogP contribution in [0.15, 0.2) is 83.8 Å². The number of rotatable bonds is 6. The molecule has 2 aliphatic rings. The third-order valence-corrected chi connectivity index (χ3v) is 8.75. The van der Waals surface area contributed by atoms with Gasteiger partial charge in [-0.25, -0.2) is 12.8 Å². The molecule has 1 atom stereocenters. The minimum Gasteiger partial charge on any atom is -0.457 e. The molecule has 3 aromatic carbocycles. The molecule has 2 saturated heterocycles. The van der Waals surface area contributed by atoms with E-state index in [0.29, 0.717) is 38.1 Å². The van der Waals surface area contributed by atoms with Crippen molar-refractivity contribution in [2.24, 2.45) is 5.41 Å². The van der Waals surface area contributed by atoms with Gasteiger partial charge in [0, 0.05) is 26.2 Å². The largest absolute Gasteiger partial charge is 0.457 e. The predicted octanol–water partition coefficient (Wildman–Crippen LogP) is 4.82. The number of halogens is 1. The number of likely N-dealkylation sites (tertiary alicyclic amines) is 1. The second-order valence-corrected chi connectivity index (χ2v) is 11.1. The van der Waals surface area contributed by atoms with E-state index in [4.69, 9.17) is 4.74 Å². The molecule has 0 aliphatic carbocycles. The number of amides is 1. The summed E-state index contributed by atoms with van der Waals surface area (Å²) in [6.07, 6.45) is 1.79. The molecule has 0 N–H and O–H groups in total. The molecule has 2 aliphatic heterocycles. The number of benzene rings is 3. The van der Waals surface area contributed by atoms with Crippen molar-refractivity contribution in [1.29, 1.82) is 0 Å². The Balaban J connectivity index is 1.27. The topological polar surface area (TPSA) is 66.9 Å². The molecule has 8 heteroatoms. The van der Waals surface area contributed by atoms with Crippen molar-refractivity contribution in [3.8, 4) is 11.5 Å². The molecule has 1 spiro atoms. The quantitative estimate of drug-likeness (QED) is 0.493. The fourth-order valence-corrected chi connectivity index (χ4v) is 6.65. The van der Waals surface area contributed by atoms with Crippen molar-refractivity contribution in [3.05, 3.63) is 90.2 Å². The molecule has 0 saturated carbocycles. The summed E-state index contributed by atoms with van der Waals surface area (Å²) in [6, 6.07) is 22.5. The van der Waals surface area contributed by atoms with Crippen LogP contribution in [0.5, 0.6) is 11.5 Å². The Bertz CT molecular complexity index is 1310. The van der Waals surface area contributed by atoms with E-state index in [2.05, 4.69) is 0 Å². The van der Waals surface area contributed by atoms with Gasteiger partial charge in [0.05, 0.1) is 5.41 Å². The number of carbonyl (C=O) groups is 1. The number of piperidine rings is 1. The maximum Gasteiger partial charge on any atom is 0.246 e. The van der Waals surface area contributed by atoms with Crippen LogP contribution in [0.4, 0.5) is 4.39 Å². The first kappa shape index (κ1) is 23.5. The van der Waals surface area contributed by atoms with Gasteiger partial charge in [0.2, 0.25) is 15.9 Å². The molecule has 182 valence electrons. The first-order chi connectivity index (χ1) is 16.9. The minimum atomic E-state index is -4.01. The molecule has 0 bridgehead atoms. The molecule has 1 unspecified atom stereocenters. The summed E-state index contributed by atoms with van der Waals surface area (Å²) in [5.41, 5.74) is 0.217. The van der Waals surface area contributed by atoms with Crippen LogP contribution in [0.3, 0.4) is 0 Å². The fourth-order valence-electron chi connectivity index (χ4n) is 5.02. The molecular formula is C27H27FN2O4S. The molecule has 1 amide bonds. The van der Waals surface area contributed by atoms with Crippen LogP contribution in [0.1, 0.15) is 24.8 Å². The highest BCUT2D eigenvalue weighted by Gasteiger charge is 2.50. The Kier molecular flexibility index (Phi) is 6.34. The molecule has 0 aromatic heterocycles. The zero-order valence-electron chi connectivity index (χ0n) is 19.3. The van der Waals surface area contributed by atoms with E-state index >= 15 is 0 Å². The second kappa shape index (κ2) is 9.43. The maximum atomic E-state index is 14.3. The van der Waals surface area contributed by atoms with E-state index in [1.54, 1.807) is 4.90 Å². The summed E-state index contributed by atoms with van der Waals surface area (Å²) in [4.78, 5) is 14.9. The SMILES string of the molecule is O=C1N(Cc2ccc(Oc3ccccc3)cc2)CCC12CCCN(S(=O)(=O)c1ccccc1F)C2. The summed E-state index contributed by atoms with van der Waals surface area (Å²) in [5, 5.41) is 0. The lowest BCUT2D eigenvalue weighted by Crippen LogP contribution is -2.49. The molecule has 0 radical (unpaired) electrons. The van der Waals surface area contributed by atoms with Gasteiger partial charge in [-0.2, -0.15) is 4.31 Å². The number of hydrogen-bond acceptors (Lipinski definition) is 4. The van der Waals surface area contributed by atoms with Gasteiger partial charge in [-0.1, -0.05) is 42.5 Å². The van der Waals surface area contributed by atoms with E-state index in [-0.39, 0.29) is 23.9 Å². The summed E-state index contributed by atoms with van der Waals surface area (Å²) in [6.45, 7) is 1.39. The van der Waals surface area contributed by atoms with E-state index in [9.17, 15) is 17.6 Å². The average Bonchev–Trinajstić information content (AvgIpc) is 3.15. The lowest BCUT2D eigenvalue weighted by molar-refractivity contribution is -0.138. The Hall–Kier alpha value is -3.23. The Morgan fingerprint density at radius 2 is 1.54 bits per heavy atom. The summed E-state index contributed by atoms with van der Waals surface area (Å²) < 4.78 is 47.6. The van der Waals surface area contributed by atoms with Gasteiger partial charge in [-0.15, -0.1) is 0 Å². The molecule has 6 nitrogen and oxygen atoms in total. The zero-order chi connectivity index (χ0) is 24.5. The zero-order valence-corrected chi connectivity index (χ0v) is 20.1. The summed E-state index contributed by atoms with van der Waals surface area (Å²) in [7, 11) is -4.01. The van der Waals surface area contributed by atoms with Crippen molar-refractivity contribution >= 4 is 15.9 Å². The molecule has 2 heterocycles. The Labute approximate surface area is 205 Å². The smallest absolute Gasteiger partial charge is 0.246 e. The molecule has 35 heavy (non-hydrogen) atoms. The molecule has 2 fully saturated rings. The predicted molar refractivity (Wildman–Crippen MR) is 130 cm³/mol.